The smallest absolute Gasteiger partial charge is 0.331 e. The van der Waals surface area contributed by atoms with E-state index in [4.69, 9.17) is 0 Å². The standard InChI is InChI=1S/C11H20N2O4.2ClH/c1-7(14)9(11(16)17-3)13(2)10(15)8-5-4-6-12-8;;/h7-9,12,14H,4-6H2,1-3H3;2*1H/t7-,8+,9+;;/m1../s1. The highest BCUT2D eigenvalue weighted by Gasteiger charge is 2.35. The fraction of sp³-hybridized carbons (Fsp3) is 0.818. The first-order chi connectivity index (χ1) is 7.99. The van der Waals surface area contributed by atoms with Gasteiger partial charge in [-0.2, -0.15) is 0 Å². The fourth-order valence-electron chi connectivity index (χ4n) is 2.08. The predicted octanol–water partition coefficient (Wildman–Crippen LogP) is -0.0372. The number of nitrogens with zero attached hydrogens (tertiary/aromatic N) is 1. The molecule has 0 aromatic heterocycles. The number of hydrogen-bond acceptors (Lipinski definition) is 5. The van der Waals surface area contributed by atoms with Gasteiger partial charge in [-0.25, -0.2) is 4.79 Å². The number of methoxy groups -OCH3 is 1. The second-order valence-electron chi connectivity index (χ2n) is 4.31. The molecule has 0 spiro atoms. The molecule has 0 unspecified atom stereocenters. The third-order valence-corrected chi connectivity index (χ3v) is 3.02. The number of hydrogen-bond donors (Lipinski definition) is 2. The van der Waals surface area contributed by atoms with Crippen LogP contribution >= 0.6 is 24.8 Å². The van der Waals surface area contributed by atoms with E-state index in [-0.39, 0.29) is 36.8 Å². The minimum absolute atomic E-state index is 0. The van der Waals surface area contributed by atoms with Crippen LogP contribution in [0.25, 0.3) is 0 Å². The number of amides is 1. The van der Waals surface area contributed by atoms with Crippen LogP contribution in [0.2, 0.25) is 0 Å². The molecule has 1 saturated heterocycles. The minimum Gasteiger partial charge on any atom is -0.467 e. The molecule has 8 heteroatoms. The van der Waals surface area contributed by atoms with E-state index in [1.54, 1.807) is 0 Å². The number of nitrogens with one attached hydrogen (secondary N) is 1. The van der Waals surface area contributed by atoms with Crippen molar-refractivity contribution in [3.05, 3.63) is 0 Å². The summed E-state index contributed by atoms with van der Waals surface area (Å²) >= 11 is 0. The van der Waals surface area contributed by atoms with E-state index in [1.807, 2.05) is 0 Å². The molecule has 1 amide bonds. The number of aliphatic hydroxyl groups is 1. The number of esters is 1. The summed E-state index contributed by atoms with van der Waals surface area (Å²) in [5, 5.41) is 12.6. The van der Waals surface area contributed by atoms with Crippen molar-refractivity contribution in [2.24, 2.45) is 0 Å². The van der Waals surface area contributed by atoms with Gasteiger partial charge < -0.3 is 20.1 Å². The Morgan fingerprint density at radius 2 is 2.00 bits per heavy atom. The summed E-state index contributed by atoms with van der Waals surface area (Å²) in [4.78, 5) is 24.8. The van der Waals surface area contributed by atoms with Crippen molar-refractivity contribution in [1.29, 1.82) is 0 Å². The van der Waals surface area contributed by atoms with E-state index in [9.17, 15) is 14.7 Å². The second kappa shape index (κ2) is 9.36. The molecule has 0 bridgehead atoms. The third-order valence-electron chi connectivity index (χ3n) is 3.02. The highest BCUT2D eigenvalue weighted by molar-refractivity contribution is 5.88. The highest BCUT2D eigenvalue weighted by Crippen LogP contribution is 2.12. The molecular weight excluding hydrogens is 295 g/mol. The number of carbonyl (C=O) groups excluding carboxylic acids is 2. The third kappa shape index (κ3) is 5.14. The van der Waals surface area contributed by atoms with Crippen LogP contribution in [0, 0.1) is 0 Å². The normalized spacial score (nSPS) is 20.5. The van der Waals surface area contributed by atoms with Crippen LogP contribution in [0.4, 0.5) is 0 Å². The molecule has 114 valence electrons. The minimum atomic E-state index is -0.960. The Kier molecular flexibility index (Phi) is 10.2. The van der Waals surface area contributed by atoms with Gasteiger partial charge in [0.2, 0.25) is 5.91 Å². The first-order valence-corrected chi connectivity index (χ1v) is 5.75. The molecule has 1 rings (SSSR count). The van der Waals surface area contributed by atoms with Gasteiger partial charge in [-0.15, -0.1) is 24.8 Å². The van der Waals surface area contributed by atoms with E-state index < -0.39 is 18.1 Å². The van der Waals surface area contributed by atoms with Crippen LogP contribution in [0.3, 0.4) is 0 Å². The van der Waals surface area contributed by atoms with Gasteiger partial charge in [0.25, 0.3) is 0 Å². The van der Waals surface area contributed by atoms with E-state index in [0.717, 1.165) is 19.4 Å². The van der Waals surface area contributed by atoms with E-state index >= 15 is 0 Å². The van der Waals surface area contributed by atoms with Crippen LogP contribution in [0.1, 0.15) is 19.8 Å². The summed E-state index contributed by atoms with van der Waals surface area (Å²) in [5.74, 6) is -0.785. The molecule has 1 fully saturated rings. The van der Waals surface area contributed by atoms with Crippen molar-refractivity contribution in [2.75, 3.05) is 20.7 Å². The molecule has 0 aliphatic carbocycles. The van der Waals surface area contributed by atoms with Crippen molar-refractivity contribution in [3.63, 3.8) is 0 Å². The summed E-state index contributed by atoms with van der Waals surface area (Å²) in [6.07, 6.45) is 0.747. The number of halogens is 2. The van der Waals surface area contributed by atoms with Gasteiger partial charge in [0.1, 0.15) is 0 Å². The van der Waals surface area contributed by atoms with Crippen LogP contribution in [0.5, 0.6) is 0 Å². The molecule has 2 N–H and O–H groups in total. The predicted molar refractivity (Wildman–Crippen MR) is 75.8 cm³/mol. The van der Waals surface area contributed by atoms with Crippen LogP contribution in [0.15, 0.2) is 0 Å². The lowest BCUT2D eigenvalue weighted by atomic mass is 10.1. The molecule has 6 nitrogen and oxygen atoms in total. The first kappa shape index (κ1) is 20.8. The maximum absolute atomic E-state index is 12.1. The van der Waals surface area contributed by atoms with Crippen LogP contribution in [-0.2, 0) is 14.3 Å². The SMILES string of the molecule is COC(=O)[C@H]([C@@H](C)O)N(C)C(=O)[C@@H]1CCCN1.Cl.Cl. The zero-order chi connectivity index (χ0) is 13.0. The Balaban J connectivity index is 0. The molecule has 19 heavy (non-hydrogen) atoms. The Hall–Kier alpha value is -0.560. The zero-order valence-electron chi connectivity index (χ0n) is 11.3. The number of aliphatic hydroxyl groups excluding tert-OH is 1. The first-order valence-electron chi connectivity index (χ1n) is 5.75. The molecule has 0 radical (unpaired) electrons. The Morgan fingerprint density at radius 1 is 1.42 bits per heavy atom. The van der Waals surface area contributed by atoms with Crippen LogP contribution < -0.4 is 5.32 Å². The van der Waals surface area contributed by atoms with E-state index in [2.05, 4.69) is 10.1 Å². The largest absolute Gasteiger partial charge is 0.467 e. The molecular formula is C11H22Cl2N2O4. The van der Waals surface area contributed by atoms with Crippen molar-refractivity contribution in [2.45, 2.75) is 38.0 Å². The number of carbonyl (C=O) groups is 2. The molecule has 1 aliphatic rings. The monoisotopic (exact) mass is 316 g/mol. The summed E-state index contributed by atoms with van der Waals surface area (Å²) in [6, 6.07) is -1.21. The lowest BCUT2D eigenvalue weighted by molar-refractivity contribution is -0.156. The van der Waals surface area contributed by atoms with Gasteiger partial charge in [-0.05, 0) is 26.3 Å². The quantitative estimate of drug-likeness (QED) is 0.712. The molecule has 0 aromatic rings. The number of rotatable bonds is 4. The Labute approximate surface area is 125 Å². The maximum Gasteiger partial charge on any atom is 0.331 e. The van der Waals surface area contributed by atoms with Gasteiger partial charge in [-0.3, -0.25) is 4.79 Å². The Morgan fingerprint density at radius 3 is 2.37 bits per heavy atom. The maximum atomic E-state index is 12.1. The van der Waals surface area contributed by atoms with Crippen molar-refractivity contribution in [3.8, 4) is 0 Å². The van der Waals surface area contributed by atoms with Gasteiger partial charge in [0.15, 0.2) is 6.04 Å². The van der Waals surface area contributed by atoms with E-state index in [0.29, 0.717) is 0 Å². The topological polar surface area (TPSA) is 78.9 Å². The van der Waals surface area contributed by atoms with Gasteiger partial charge >= 0.3 is 5.97 Å². The van der Waals surface area contributed by atoms with Gasteiger partial charge in [-0.1, -0.05) is 0 Å². The summed E-state index contributed by atoms with van der Waals surface area (Å²) < 4.78 is 4.59. The molecule has 0 aromatic carbocycles. The van der Waals surface area contributed by atoms with Crippen molar-refractivity contribution < 1.29 is 19.4 Å². The summed E-state index contributed by atoms with van der Waals surface area (Å²) in [5.41, 5.74) is 0. The van der Waals surface area contributed by atoms with Gasteiger partial charge in [0.05, 0.1) is 19.3 Å². The van der Waals surface area contributed by atoms with E-state index in [1.165, 1.54) is 26.0 Å². The van der Waals surface area contributed by atoms with Crippen molar-refractivity contribution >= 4 is 36.7 Å². The fourth-order valence-corrected chi connectivity index (χ4v) is 2.08. The van der Waals surface area contributed by atoms with Crippen molar-refractivity contribution in [1.82, 2.24) is 10.2 Å². The Bertz CT molecular complexity index is 296. The molecule has 1 aliphatic heterocycles. The average Bonchev–Trinajstić information content (AvgIpc) is 2.80. The number of ether oxygens (including phenoxy) is 1. The molecule has 3 atom stereocenters. The van der Waals surface area contributed by atoms with Crippen LogP contribution in [-0.4, -0.2) is 60.8 Å². The highest BCUT2D eigenvalue weighted by atomic mass is 35.5. The zero-order valence-corrected chi connectivity index (χ0v) is 12.9. The average molecular weight is 317 g/mol. The van der Waals surface area contributed by atoms with Gasteiger partial charge in [0, 0.05) is 7.05 Å². The lowest BCUT2D eigenvalue weighted by Crippen LogP contribution is -2.53. The molecule has 0 saturated carbocycles. The summed E-state index contributed by atoms with van der Waals surface area (Å²) in [7, 11) is 2.75. The number of likely N-dealkylation sites (N-methyl/N-ethyl adjacent to an activating group) is 1. The summed E-state index contributed by atoms with van der Waals surface area (Å²) in [6.45, 7) is 2.27. The molecule has 1 heterocycles. The second-order valence-corrected chi connectivity index (χ2v) is 4.31. The lowest BCUT2D eigenvalue weighted by Gasteiger charge is -2.30.